The van der Waals surface area contributed by atoms with Crippen molar-refractivity contribution in [3.8, 4) is 0 Å². The van der Waals surface area contributed by atoms with E-state index in [4.69, 9.17) is 0 Å². The van der Waals surface area contributed by atoms with Gasteiger partial charge in [0.25, 0.3) is 0 Å². The zero-order valence-corrected chi connectivity index (χ0v) is 9.15. The minimum absolute atomic E-state index is 0.0361. The third-order valence-electron chi connectivity index (χ3n) is 3.36. The Morgan fingerprint density at radius 3 is 3.31 bits per heavy atom. The number of piperidine rings is 1. The zero-order valence-electron chi connectivity index (χ0n) is 9.15. The van der Waals surface area contributed by atoms with Crippen LogP contribution in [0, 0.1) is 5.92 Å². The number of allylic oxidation sites excluding steroid dienone is 3. The van der Waals surface area contributed by atoms with E-state index in [1.165, 1.54) is 0 Å². The maximum atomic E-state index is 12.4. The number of aliphatic imine (C=N–C) groups is 1. The van der Waals surface area contributed by atoms with E-state index in [-0.39, 0.29) is 11.8 Å². The van der Waals surface area contributed by atoms with Crippen LogP contribution in [0.2, 0.25) is 0 Å². The van der Waals surface area contributed by atoms with E-state index in [1.54, 1.807) is 6.21 Å². The molecule has 1 unspecified atom stereocenters. The minimum Gasteiger partial charge on any atom is -0.388 e. The highest BCUT2D eigenvalue weighted by molar-refractivity contribution is 5.92. The number of nitrogens with zero attached hydrogens (tertiary/aromatic N) is 2. The molecule has 1 N–H and O–H groups in total. The molecule has 0 radical (unpaired) electrons. The molecule has 1 amide bonds. The highest BCUT2D eigenvalue weighted by Gasteiger charge is 2.32. The molecule has 4 heteroatoms. The summed E-state index contributed by atoms with van der Waals surface area (Å²) < 4.78 is 0. The Morgan fingerprint density at radius 2 is 2.38 bits per heavy atom. The molecule has 3 rings (SSSR count). The molecular weight excluding hydrogens is 202 g/mol. The van der Waals surface area contributed by atoms with E-state index in [9.17, 15) is 4.79 Å². The maximum absolute atomic E-state index is 12.4. The van der Waals surface area contributed by atoms with Crippen LogP contribution >= 0.6 is 0 Å². The Labute approximate surface area is 94.7 Å². The van der Waals surface area contributed by atoms with Gasteiger partial charge in [0.15, 0.2) is 0 Å². The SMILES string of the molecule is O=C1C2CCCNC2=CC=C2C=NCCN12. The minimum atomic E-state index is 0.0361. The van der Waals surface area contributed by atoms with Gasteiger partial charge in [-0.05, 0) is 25.0 Å². The van der Waals surface area contributed by atoms with Crippen LogP contribution < -0.4 is 5.32 Å². The third-order valence-corrected chi connectivity index (χ3v) is 3.36. The maximum Gasteiger partial charge on any atom is 0.236 e. The molecule has 0 saturated carbocycles. The van der Waals surface area contributed by atoms with E-state index in [1.807, 2.05) is 17.1 Å². The lowest BCUT2D eigenvalue weighted by Crippen LogP contribution is -2.42. The van der Waals surface area contributed by atoms with E-state index in [0.717, 1.165) is 43.9 Å². The molecule has 4 nitrogen and oxygen atoms in total. The van der Waals surface area contributed by atoms with Gasteiger partial charge in [0.1, 0.15) is 0 Å². The third kappa shape index (κ3) is 1.45. The van der Waals surface area contributed by atoms with Crippen LogP contribution in [0.15, 0.2) is 28.5 Å². The number of carbonyl (C=O) groups is 1. The number of hydrogen-bond acceptors (Lipinski definition) is 3. The Kier molecular flexibility index (Phi) is 2.27. The summed E-state index contributed by atoms with van der Waals surface area (Å²) >= 11 is 0. The second kappa shape index (κ2) is 3.77. The summed E-state index contributed by atoms with van der Waals surface area (Å²) in [4.78, 5) is 18.4. The van der Waals surface area contributed by atoms with Gasteiger partial charge in [0.2, 0.25) is 5.91 Å². The fourth-order valence-corrected chi connectivity index (χ4v) is 2.50. The second-order valence-electron chi connectivity index (χ2n) is 4.36. The van der Waals surface area contributed by atoms with Gasteiger partial charge in [-0.1, -0.05) is 0 Å². The fourth-order valence-electron chi connectivity index (χ4n) is 2.50. The van der Waals surface area contributed by atoms with Gasteiger partial charge in [0, 0.05) is 25.0 Å². The molecule has 0 aliphatic carbocycles. The van der Waals surface area contributed by atoms with Crippen molar-refractivity contribution in [1.29, 1.82) is 0 Å². The standard InChI is InChI=1S/C12H15N3O/c16-12-10-2-1-5-14-11(10)4-3-9-8-13-6-7-15(9)12/h3-4,8,10,14H,1-2,5-7H2. The highest BCUT2D eigenvalue weighted by atomic mass is 16.2. The van der Waals surface area contributed by atoms with Gasteiger partial charge in [-0.3, -0.25) is 9.79 Å². The summed E-state index contributed by atoms with van der Waals surface area (Å²) in [5, 5.41) is 3.33. The van der Waals surface area contributed by atoms with Gasteiger partial charge in [0.05, 0.1) is 18.2 Å². The second-order valence-corrected chi connectivity index (χ2v) is 4.36. The van der Waals surface area contributed by atoms with Crippen molar-refractivity contribution in [2.24, 2.45) is 10.9 Å². The molecule has 0 aromatic carbocycles. The summed E-state index contributed by atoms with van der Waals surface area (Å²) in [5.41, 5.74) is 2.01. The average Bonchev–Trinajstić information content (AvgIpc) is 2.49. The normalized spacial score (nSPS) is 28.4. The molecule has 0 spiro atoms. The predicted molar refractivity (Wildman–Crippen MR) is 62.0 cm³/mol. The van der Waals surface area contributed by atoms with Gasteiger partial charge in [-0.2, -0.15) is 0 Å². The predicted octanol–water partition coefficient (Wildman–Crippen LogP) is 0.680. The topological polar surface area (TPSA) is 44.7 Å². The number of fused-ring (bicyclic) bond motifs is 2. The van der Waals surface area contributed by atoms with Crippen LogP contribution in [-0.4, -0.2) is 36.7 Å². The van der Waals surface area contributed by atoms with Crippen molar-refractivity contribution in [1.82, 2.24) is 10.2 Å². The molecule has 1 saturated heterocycles. The zero-order chi connectivity index (χ0) is 11.0. The van der Waals surface area contributed by atoms with Crippen molar-refractivity contribution >= 4 is 12.1 Å². The first-order chi connectivity index (χ1) is 7.86. The summed E-state index contributed by atoms with van der Waals surface area (Å²) in [6.07, 6.45) is 7.87. The quantitative estimate of drug-likeness (QED) is 0.648. The molecule has 0 aromatic rings. The van der Waals surface area contributed by atoms with Crippen LogP contribution in [0.4, 0.5) is 0 Å². The number of amides is 1. The molecule has 84 valence electrons. The number of nitrogens with one attached hydrogen (secondary N) is 1. The van der Waals surface area contributed by atoms with E-state index in [2.05, 4.69) is 10.3 Å². The molecule has 3 aliphatic rings. The smallest absolute Gasteiger partial charge is 0.236 e. The molecule has 3 heterocycles. The number of hydrogen-bond donors (Lipinski definition) is 1. The Balaban J connectivity index is 1.98. The summed E-state index contributed by atoms with van der Waals surface area (Å²) in [6.45, 7) is 2.42. The highest BCUT2D eigenvalue weighted by Crippen LogP contribution is 2.27. The Bertz CT molecular complexity index is 408. The lowest BCUT2D eigenvalue weighted by atomic mass is 9.94. The van der Waals surface area contributed by atoms with Crippen molar-refractivity contribution in [3.05, 3.63) is 23.5 Å². The van der Waals surface area contributed by atoms with Gasteiger partial charge in [-0.15, -0.1) is 0 Å². The average molecular weight is 217 g/mol. The van der Waals surface area contributed by atoms with E-state index in [0.29, 0.717) is 0 Å². The first-order valence-corrected chi connectivity index (χ1v) is 5.83. The van der Waals surface area contributed by atoms with Crippen LogP contribution in [0.3, 0.4) is 0 Å². The van der Waals surface area contributed by atoms with Crippen molar-refractivity contribution in [2.45, 2.75) is 12.8 Å². The van der Waals surface area contributed by atoms with Crippen LogP contribution in [0.1, 0.15) is 12.8 Å². The molecule has 0 aromatic heterocycles. The van der Waals surface area contributed by atoms with Crippen molar-refractivity contribution in [2.75, 3.05) is 19.6 Å². The lowest BCUT2D eigenvalue weighted by molar-refractivity contribution is -0.132. The summed E-state index contributed by atoms with van der Waals surface area (Å²) in [5.74, 6) is 0.266. The molecule has 16 heavy (non-hydrogen) atoms. The first kappa shape index (κ1) is 9.63. The summed E-state index contributed by atoms with van der Waals surface area (Å²) in [7, 11) is 0. The summed E-state index contributed by atoms with van der Waals surface area (Å²) in [6, 6.07) is 0. The molecule has 3 aliphatic heterocycles. The number of rotatable bonds is 0. The van der Waals surface area contributed by atoms with Gasteiger partial charge in [-0.25, -0.2) is 0 Å². The van der Waals surface area contributed by atoms with Gasteiger partial charge < -0.3 is 10.2 Å². The molecular formula is C12H15N3O. The molecule has 0 bridgehead atoms. The number of carbonyl (C=O) groups excluding carboxylic acids is 1. The lowest BCUT2D eigenvalue weighted by Gasteiger charge is -2.31. The Morgan fingerprint density at radius 1 is 1.44 bits per heavy atom. The van der Waals surface area contributed by atoms with E-state index >= 15 is 0 Å². The Hall–Kier alpha value is -1.58. The van der Waals surface area contributed by atoms with Crippen LogP contribution in [-0.2, 0) is 4.79 Å². The largest absolute Gasteiger partial charge is 0.388 e. The van der Waals surface area contributed by atoms with Crippen molar-refractivity contribution < 1.29 is 4.79 Å². The van der Waals surface area contributed by atoms with Crippen LogP contribution in [0.5, 0.6) is 0 Å². The van der Waals surface area contributed by atoms with E-state index < -0.39 is 0 Å². The monoisotopic (exact) mass is 217 g/mol. The van der Waals surface area contributed by atoms with Crippen molar-refractivity contribution in [3.63, 3.8) is 0 Å². The first-order valence-electron chi connectivity index (χ1n) is 5.83. The molecule has 1 atom stereocenters. The fraction of sp³-hybridized carbons (Fsp3) is 0.500. The van der Waals surface area contributed by atoms with Gasteiger partial charge >= 0.3 is 0 Å². The molecule has 1 fully saturated rings. The van der Waals surface area contributed by atoms with Crippen LogP contribution in [0.25, 0.3) is 0 Å².